The van der Waals surface area contributed by atoms with Crippen LogP contribution in [0.15, 0.2) is 42.6 Å². The molecule has 0 saturated carbocycles. The van der Waals surface area contributed by atoms with Gasteiger partial charge in [0.05, 0.1) is 11.9 Å². The van der Waals surface area contributed by atoms with E-state index in [1.807, 2.05) is 12.1 Å². The number of rotatable bonds is 3. The Bertz CT molecular complexity index is 590. The average molecular weight is 238 g/mol. The summed E-state index contributed by atoms with van der Waals surface area (Å²) in [4.78, 5) is 16.1. The second-order valence-corrected chi connectivity index (χ2v) is 4.70. The monoisotopic (exact) mass is 238 g/mol. The molecule has 0 spiro atoms. The van der Waals surface area contributed by atoms with E-state index in [0.717, 1.165) is 6.42 Å². The van der Waals surface area contributed by atoms with E-state index in [9.17, 15) is 4.79 Å². The predicted molar refractivity (Wildman–Crippen MR) is 70.5 cm³/mol. The number of carbonyl (C=O) groups is 1. The Labute approximate surface area is 106 Å². The highest BCUT2D eigenvalue weighted by Crippen LogP contribution is 2.37. The Kier molecular flexibility index (Phi) is 2.59. The van der Waals surface area contributed by atoms with Gasteiger partial charge in [0, 0.05) is 6.42 Å². The van der Waals surface area contributed by atoms with E-state index >= 15 is 0 Å². The van der Waals surface area contributed by atoms with Crippen molar-refractivity contribution in [2.75, 3.05) is 5.73 Å². The minimum atomic E-state index is 0.0921. The lowest BCUT2D eigenvalue weighted by Gasteiger charge is -2.29. The number of pyridine rings is 1. The summed E-state index contributed by atoms with van der Waals surface area (Å²) in [7, 11) is 0. The molecule has 0 aliphatic heterocycles. The van der Waals surface area contributed by atoms with E-state index < -0.39 is 0 Å². The van der Waals surface area contributed by atoms with Crippen molar-refractivity contribution in [2.45, 2.75) is 18.8 Å². The minimum absolute atomic E-state index is 0.0921. The van der Waals surface area contributed by atoms with Crippen molar-refractivity contribution >= 4 is 11.5 Å². The van der Waals surface area contributed by atoms with Crippen LogP contribution >= 0.6 is 0 Å². The number of nitrogens with zero attached hydrogens (tertiary/aromatic N) is 1. The van der Waals surface area contributed by atoms with E-state index in [4.69, 9.17) is 5.73 Å². The molecule has 2 aromatic rings. The number of nitrogens with two attached hydrogens (primary N) is 1. The zero-order valence-corrected chi connectivity index (χ0v) is 9.97. The van der Waals surface area contributed by atoms with E-state index in [2.05, 4.69) is 17.1 Å². The normalized spacial score (nSPS) is 16.8. The molecular formula is C15H14N2O. The standard InChI is InChI=1S/C15H14N2O/c16-12-5-6-14(17-9-12)15(18)8-11-7-10-3-1-2-4-13(10)11/h1-6,9,11H,7-8,16H2. The van der Waals surface area contributed by atoms with E-state index in [0.29, 0.717) is 23.7 Å². The molecule has 0 saturated heterocycles. The molecule has 2 N–H and O–H groups in total. The molecule has 1 heterocycles. The highest BCUT2D eigenvalue weighted by molar-refractivity contribution is 5.95. The maximum Gasteiger partial charge on any atom is 0.181 e. The van der Waals surface area contributed by atoms with Gasteiger partial charge in [0.2, 0.25) is 0 Å². The molecule has 90 valence electrons. The van der Waals surface area contributed by atoms with Crippen molar-refractivity contribution in [3.63, 3.8) is 0 Å². The number of hydrogen-bond acceptors (Lipinski definition) is 3. The zero-order valence-electron chi connectivity index (χ0n) is 9.97. The molecule has 1 unspecified atom stereocenters. The number of hydrogen-bond donors (Lipinski definition) is 1. The zero-order chi connectivity index (χ0) is 12.5. The van der Waals surface area contributed by atoms with Gasteiger partial charge in [0.1, 0.15) is 5.69 Å². The van der Waals surface area contributed by atoms with Gasteiger partial charge in [-0.05, 0) is 35.6 Å². The van der Waals surface area contributed by atoms with Crippen molar-refractivity contribution in [1.82, 2.24) is 4.98 Å². The Morgan fingerprint density at radius 3 is 2.83 bits per heavy atom. The molecule has 18 heavy (non-hydrogen) atoms. The van der Waals surface area contributed by atoms with Crippen LogP contribution in [0, 0.1) is 0 Å². The molecular weight excluding hydrogens is 224 g/mol. The predicted octanol–water partition coefficient (Wildman–Crippen LogP) is 2.58. The summed E-state index contributed by atoms with van der Waals surface area (Å²) in [5, 5.41) is 0. The number of ketones is 1. The van der Waals surface area contributed by atoms with Crippen LogP contribution < -0.4 is 5.73 Å². The van der Waals surface area contributed by atoms with Gasteiger partial charge in [-0.3, -0.25) is 9.78 Å². The number of fused-ring (bicyclic) bond motifs is 1. The quantitative estimate of drug-likeness (QED) is 0.836. The van der Waals surface area contributed by atoms with Crippen LogP contribution in [-0.4, -0.2) is 10.8 Å². The fraction of sp³-hybridized carbons (Fsp3) is 0.200. The van der Waals surface area contributed by atoms with Gasteiger partial charge >= 0.3 is 0 Å². The summed E-state index contributed by atoms with van der Waals surface area (Å²) in [6.07, 6.45) is 3.06. The van der Waals surface area contributed by atoms with E-state index in [1.165, 1.54) is 17.3 Å². The molecule has 1 aliphatic carbocycles. The SMILES string of the molecule is Nc1ccc(C(=O)CC2Cc3ccccc32)nc1. The molecule has 0 radical (unpaired) electrons. The number of aromatic nitrogens is 1. The summed E-state index contributed by atoms with van der Waals surface area (Å²) in [6.45, 7) is 0. The third-order valence-electron chi connectivity index (χ3n) is 3.47. The first-order valence-electron chi connectivity index (χ1n) is 6.06. The van der Waals surface area contributed by atoms with Crippen molar-refractivity contribution in [2.24, 2.45) is 0 Å². The van der Waals surface area contributed by atoms with Crippen LogP contribution in [-0.2, 0) is 6.42 Å². The lowest BCUT2D eigenvalue weighted by Crippen LogP contribution is -2.20. The Hall–Kier alpha value is -2.16. The molecule has 1 atom stereocenters. The van der Waals surface area contributed by atoms with Crippen molar-refractivity contribution in [1.29, 1.82) is 0 Å². The van der Waals surface area contributed by atoms with Gasteiger partial charge < -0.3 is 5.73 Å². The highest BCUT2D eigenvalue weighted by Gasteiger charge is 2.27. The largest absolute Gasteiger partial charge is 0.397 e. The number of benzene rings is 1. The molecule has 1 aromatic heterocycles. The third-order valence-corrected chi connectivity index (χ3v) is 3.47. The summed E-state index contributed by atoms with van der Waals surface area (Å²) in [5.74, 6) is 0.447. The topological polar surface area (TPSA) is 56.0 Å². The number of nitrogen functional groups attached to an aromatic ring is 1. The van der Waals surface area contributed by atoms with Gasteiger partial charge in [0.25, 0.3) is 0 Å². The summed E-state index contributed by atoms with van der Waals surface area (Å²) >= 11 is 0. The molecule has 0 fully saturated rings. The fourth-order valence-corrected chi connectivity index (χ4v) is 2.44. The Balaban J connectivity index is 1.72. The van der Waals surface area contributed by atoms with Crippen LogP contribution in [0.2, 0.25) is 0 Å². The van der Waals surface area contributed by atoms with Crippen LogP contribution in [0.1, 0.15) is 34.0 Å². The maximum atomic E-state index is 12.1. The minimum Gasteiger partial charge on any atom is -0.397 e. The average Bonchev–Trinajstić information content (AvgIpc) is 2.36. The number of carbonyl (C=O) groups excluding carboxylic acids is 1. The second-order valence-electron chi connectivity index (χ2n) is 4.70. The molecule has 0 bridgehead atoms. The number of anilines is 1. The van der Waals surface area contributed by atoms with Crippen molar-refractivity contribution in [3.05, 3.63) is 59.4 Å². The van der Waals surface area contributed by atoms with Gasteiger partial charge in [-0.25, -0.2) is 0 Å². The first-order valence-corrected chi connectivity index (χ1v) is 6.06. The lowest BCUT2D eigenvalue weighted by molar-refractivity contribution is 0.0965. The van der Waals surface area contributed by atoms with Gasteiger partial charge in [-0.1, -0.05) is 24.3 Å². The summed E-state index contributed by atoms with van der Waals surface area (Å²) in [5.41, 5.74) is 9.32. The first kappa shape index (κ1) is 11.0. The fourth-order valence-electron chi connectivity index (χ4n) is 2.44. The molecule has 1 aromatic carbocycles. The van der Waals surface area contributed by atoms with Crippen LogP contribution in [0.25, 0.3) is 0 Å². The molecule has 3 heteroatoms. The lowest BCUT2D eigenvalue weighted by atomic mass is 9.75. The van der Waals surface area contributed by atoms with E-state index in [1.54, 1.807) is 12.1 Å². The van der Waals surface area contributed by atoms with Crippen molar-refractivity contribution in [3.8, 4) is 0 Å². The van der Waals surface area contributed by atoms with Crippen molar-refractivity contribution < 1.29 is 4.79 Å². The summed E-state index contributed by atoms with van der Waals surface area (Å²) in [6, 6.07) is 11.7. The second kappa shape index (κ2) is 4.26. The summed E-state index contributed by atoms with van der Waals surface area (Å²) < 4.78 is 0. The van der Waals surface area contributed by atoms with Gasteiger partial charge in [-0.2, -0.15) is 0 Å². The molecule has 3 nitrogen and oxygen atoms in total. The van der Waals surface area contributed by atoms with Gasteiger partial charge in [-0.15, -0.1) is 0 Å². The van der Waals surface area contributed by atoms with E-state index in [-0.39, 0.29) is 5.78 Å². The molecule has 1 aliphatic rings. The maximum absolute atomic E-state index is 12.1. The van der Waals surface area contributed by atoms with Gasteiger partial charge in [0.15, 0.2) is 5.78 Å². The number of Topliss-reactive ketones (excluding diaryl/α,β-unsaturated/α-hetero) is 1. The Morgan fingerprint density at radius 1 is 1.28 bits per heavy atom. The molecule has 3 rings (SSSR count). The van der Waals surface area contributed by atoms with Crippen LogP contribution in [0.4, 0.5) is 5.69 Å². The highest BCUT2D eigenvalue weighted by atomic mass is 16.1. The smallest absolute Gasteiger partial charge is 0.181 e. The molecule has 0 amide bonds. The first-order chi connectivity index (χ1) is 8.74. The van der Waals surface area contributed by atoms with Crippen LogP contribution in [0.5, 0.6) is 0 Å². The van der Waals surface area contributed by atoms with Crippen LogP contribution in [0.3, 0.4) is 0 Å². The third kappa shape index (κ3) is 1.88. The Morgan fingerprint density at radius 2 is 2.11 bits per heavy atom.